The maximum Gasteiger partial charge on any atom is 0.255 e. The first-order valence-electron chi connectivity index (χ1n) is 13.4. The van der Waals surface area contributed by atoms with Crippen molar-refractivity contribution in [3.05, 3.63) is 59.1 Å². The zero-order valence-corrected chi connectivity index (χ0v) is 22.5. The number of halogens is 2. The first kappa shape index (κ1) is 27.8. The molecule has 40 heavy (non-hydrogen) atoms. The van der Waals surface area contributed by atoms with Crippen LogP contribution in [0.5, 0.6) is 11.5 Å². The average molecular weight is 557 g/mol. The molecule has 1 heterocycles. The lowest BCUT2D eigenvalue weighted by atomic mass is 9.53. The van der Waals surface area contributed by atoms with Gasteiger partial charge in [-0.25, -0.2) is 13.8 Å². The van der Waals surface area contributed by atoms with Gasteiger partial charge in [-0.3, -0.25) is 9.59 Å². The lowest BCUT2D eigenvalue weighted by Crippen LogP contribution is -2.59. The van der Waals surface area contributed by atoms with Crippen LogP contribution in [0.1, 0.15) is 80.0 Å². The van der Waals surface area contributed by atoms with Crippen LogP contribution in [0.2, 0.25) is 0 Å². The Kier molecular flexibility index (Phi) is 7.20. The van der Waals surface area contributed by atoms with E-state index in [0.29, 0.717) is 30.4 Å². The molecule has 5 rings (SSSR count). The third-order valence-corrected chi connectivity index (χ3v) is 7.69. The fourth-order valence-corrected chi connectivity index (χ4v) is 5.62. The third kappa shape index (κ3) is 5.89. The number of ether oxygens (including phenoxy) is 2. The van der Waals surface area contributed by atoms with Gasteiger partial charge in [0.15, 0.2) is 11.6 Å². The normalized spacial score (nSPS) is 24.2. The minimum absolute atomic E-state index is 0.0462. The van der Waals surface area contributed by atoms with Crippen LogP contribution < -0.4 is 26.3 Å². The number of pyridine rings is 1. The van der Waals surface area contributed by atoms with Crippen molar-refractivity contribution in [3.8, 4) is 11.5 Å². The molecule has 0 unspecified atom stereocenters. The predicted octanol–water partition coefficient (Wildman–Crippen LogP) is 3.29. The van der Waals surface area contributed by atoms with Crippen molar-refractivity contribution in [1.29, 1.82) is 0 Å². The number of aromatic nitrogens is 1. The van der Waals surface area contributed by atoms with E-state index in [1.807, 2.05) is 0 Å². The van der Waals surface area contributed by atoms with Crippen LogP contribution in [0, 0.1) is 17.0 Å². The Morgan fingerprint density at radius 3 is 2.50 bits per heavy atom. The van der Waals surface area contributed by atoms with Gasteiger partial charge >= 0.3 is 0 Å². The Labute approximate surface area is 230 Å². The summed E-state index contributed by atoms with van der Waals surface area (Å²) in [5.41, 5.74) is 11.2. The van der Waals surface area contributed by atoms with Crippen LogP contribution in [-0.2, 0) is 4.79 Å². The van der Waals surface area contributed by atoms with Crippen LogP contribution in [0.3, 0.4) is 0 Å². The van der Waals surface area contributed by atoms with Gasteiger partial charge in [0.2, 0.25) is 0 Å². The van der Waals surface area contributed by atoms with Crippen LogP contribution in [0.15, 0.2) is 30.5 Å². The van der Waals surface area contributed by atoms with Crippen molar-refractivity contribution in [1.82, 2.24) is 10.3 Å². The molecule has 11 heteroatoms. The van der Waals surface area contributed by atoms with Crippen LogP contribution in [0.4, 0.5) is 8.78 Å². The molecular formula is C29H34F2N4O5. The summed E-state index contributed by atoms with van der Waals surface area (Å²) in [5, 5.41) is 13.0. The number of carbonyl (C=O) groups excluding carboxylic acids is 2. The lowest BCUT2D eigenvalue weighted by Gasteiger charge is -2.57. The van der Waals surface area contributed by atoms with E-state index in [1.54, 1.807) is 26.0 Å². The largest absolute Gasteiger partial charge is 0.489 e. The van der Waals surface area contributed by atoms with E-state index in [9.17, 15) is 23.5 Å². The van der Waals surface area contributed by atoms with Gasteiger partial charge in [0.1, 0.15) is 18.2 Å². The fraction of sp³-hybridized carbons (Fsp3) is 0.483. The highest BCUT2D eigenvalue weighted by Gasteiger charge is 2.54. The molecule has 0 atom stereocenters. The molecule has 3 aliphatic rings. The number of rotatable bonds is 10. The number of benzene rings is 1. The maximum atomic E-state index is 14.3. The Bertz CT molecular complexity index is 1350. The van der Waals surface area contributed by atoms with Gasteiger partial charge in [-0.1, -0.05) is 0 Å². The highest BCUT2D eigenvalue weighted by molar-refractivity contribution is 6.19. The smallest absolute Gasteiger partial charge is 0.255 e. The Morgan fingerprint density at radius 1 is 1.20 bits per heavy atom. The second-order valence-corrected chi connectivity index (χ2v) is 11.9. The Hall–Kier alpha value is -3.73. The Balaban J connectivity index is 1.16. The Morgan fingerprint density at radius 2 is 1.90 bits per heavy atom. The van der Waals surface area contributed by atoms with Crippen molar-refractivity contribution in [2.45, 2.75) is 76.0 Å². The van der Waals surface area contributed by atoms with Gasteiger partial charge in [-0.05, 0) is 76.0 Å². The number of hydrogen-bond donors (Lipinski definition) is 4. The number of nitrogens with zero attached hydrogens (tertiary/aromatic N) is 1. The van der Waals surface area contributed by atoms with E-state index < -0.39 is 23.1 Å². The maximum absolute atomic E-state index is 14.3. The summed E-state index contributed by atoms with van der Waals surface area (Å²) >= 11 is 0. The van der Waals surface area contributed by atoms with Gasteiger partial charge < -0.3 is 31.4 Å². The summed E-state index contributed by atoms with van der Waals surface area (Å²) in [5.74, 6) is -2.64. The van der Waals surface area contributed by atoms with E-state index in [4.69, 9.17) is 25.9 Å². The van der Waals surface area contributed by atoms with E-state index in [2.05, 4.69) is 5.32 Å². The molecule has 0 bridgehead atoms. The minimum Gasteiger partial charge on any atom is -0.489 e. The van der Waals surface area contributed by atoms with Crippen molar-refractivity contribution in [2.24, 2.45) is 16.9 Å². The molecule has 214 valence electrons. The molecular weight excluding hydrogens is 522 g/mol. The van der Waals surface area contributed by atoms with E-state index in [-0.39, 0.29) is 52.9 Å². The summed E-state index contributed by atoms with van der Waals surface area (Å²) in [6.07, 6.45) is 5.55. The quantitative estimate of drug-likeness (QED) is 0.328. The molecule has 0 saturated heterocycles. The molecule has 1 aromatic heterocycles. The first-order chi connectivity index (χ1) is 18.9. The summed E-state index contributed by atoms with van der Waals surface area (Å²) in [6, 6.07) is 4.91. The highest BCUT2D eigenvalue weighted by atomic mass is 19.1. The first-order valence-corrected chi connectivity index (χ1v) is 13.4. The molecule has 1 aromatic carbocycles. The summed E-state index contributed by atoms with van der Waals surface area (Å²) in [4.78, 5) is 29.4. The van der Waals surface area contributed by atoms with E-state index in [0.717, 1.165) is 37.4 Å². The van der Waals surface area contributed by atoms with Crippen LogP contribution in [0.25, 0.3) is 5.57 Å². The number of carbonyl (C=O) groups is 2. The molecule has 1 spiro atoms. The second kappa shape index (κ2) is 10.3. The number of amides is 2. The zero-order chi connectivity index (χ0) is 28.8. The summed E-state index contributed by atoms with van der Waals surface area (Å²) < 4.78 is 39.3. The van der Waals surface area contributed by atoms with Crippen molar-refractivity contribution < 1.29 is 33.0 Å². The number of aliphatic hydroxyl groups is 1. The monoisotopic (exact) mass is 556 g/mol. The second-order valence-electron chi connectivity index (χ2n) is 11.9. The van der Waals surface area contributed by atoms with Gasteiger partial charge in [0.25, 0.3) is 11.8 Å². The fourth-order valence-electron chi connectivity index (χ4n) is 5.62. The summed E-state index contributed by atoms with van der Waals surface area (Å²) in [6.45, 7) is 3.45. The van der Waals surface area contributed by atoms with E-state index >= 15 is 0 Å². The topological polar surface area (TPSA) is 150 Å². The minimum atomic E-state index is -0.988. The number of primary amides is 1. The molecule has 9 nitrogen and oxygen atoms in total. The average Bonchev–Trinajstić information content (AvgIpc) is 3.66. The van der Waals surface area contributed by atoms with Crippen LogP contribution >= 0.6 is 0 Å². The molecule has 3 saturated carbocycles. The zero-order valence-electron chi connectivity index (χ0n) is 22.5. The third-order valence-electron chi connectivity index (χ3n) is 7.69. The lowest BCUT2D eigenvalue weighted by molar-refractivity contribution is -0.122. The molecule has 6 N–H and O–H groups in total. The number of nitrogens with two attached hydrogens (primary N) is 2. The molecule has 3 fully saturated rings. The number of hydrogen-bond acceptors (Lipinski definition) is 7. The molecule has 2 amide bonds. The standard InChI is InChI=1S/C29H34F2N4O5/c1-28(2,38)14-39-23-6-5-22(35-24(23)15-3-4-15)20(13-32)27(37)34-17-9-29(10-17)11-18(12-29)40-25-19(26(33)36)7-16(30)8-21(25)31/h5-8,13,15,17-18,38H,3-4,9-12,14,32H2,1-2H3,(H2,33,36)(H,34,37). The molecule has 3 aliphatic carbocycles. The van der Waals surface area contributed by atoms with E-state index in [1.165, 1.54) is 6.20 Å². The van der Waals surface area contributed by atoms with Gasteiger partial charge in [-0.2, -0.15) is 0 Å². The predicted molar refractivity (Wildman–Crippen MR) is 142 cm³/mol. The van der Waals surface area contributed by atoms with Crippen molar-refractivity contribution in [3.63, 3.8) is 0 Å². The van der Waals surface area contributed by atoms with Crippen LogP contribution in [-0.4, -0.2) is 46.3 Å². The molecule has 0 radical (unpaired) electrons. The molecule has 2 aromatic rings. The van der Waals surface area contributed by atoms with Gasteiger partial charge in [-0.15, -0.1) is 0 Å². The van der Waals surface area contributed by atoms with Gasteiger partial charge in [0.05, 0.1) is 34.2 Å². The summed E-state index contributed by atoms with van der Waals surface area (Å²) in [7, 11) is 0. The number of nitrogens with one attached hydrogen (secondary N) is 1. The highest BCUT2D eigenvalue weighted by Crippen LogP contribution is 2.57. The van der Waals surface area contributed by atoms with Gasteiger partial charge in [0, 0.05) is 24.2 Å². The molecule has 0 aliphatic heterocycles. The SMILES string of the molecule is CC(C)(O)COc1ccc(C(=CN)C(=O)NC2CC3(C2)CC(Oc2c(F)cc(F)cc2C(N)=O)C3)nc1C1CC1. The van der Waals surface area contributed by atoms with Crippen molar-refractivity contribution >= 4 is 17.4 Å². The van der Waals surface area contributed by atoms with Crippen molar-refractivity contribution in [2.75, 3.05) is 6.61 Å².